The topological polar surface area (TPSA) is 108 Å². The lowest BCUT2D eigenvalue weighted by Gasteiger charge is -2.42. The summed E-state index contributed by atoms with van der Waals surface area (Å²) >= 11 is 0. The van der Waals surface area contributed by atoms with Crippen molar-refractivity contribution in [2.75, 3.05) is 0 Å². The van der Waals surface area contributed by atoms with Gasteiger partial charge in [0.15, 0.2) is 0 Å². The van der Waals surface area contributed by atoms with Gasteiger partial charge in [-0.2, -0.15) is 0 Å². The van der Waals surface area contributed by atoms with Gasteiger partial charge < -0.3 is 25.4 Å². The molecule has 0 aromatic heterocycles. The number of hydrogen-bond donors (Lipinski definition) is 3. The van der Waals surface area contributed by atoms with Crippen molar-refractivity contribution in [2.24, 2.45) is 0 Å². The van der Waals surface area contributed by atoms with Crippen molar-refractivity contribution < 1.29 is 24.2 Å². The number of amides is 3. The molecule has 1 rings (SSSR count). The number of hydrogen-bond acceptors (Lipinski definition) is 5. The predicted octanol–water partition coefficient (Wildman–Crippen LogP) is 3.50. The van der Waals surface area contributed by atoms with Crippen LogP contribution in [0.25, 0.3) is 0 Å². The maximum Gasteiger partial charge on any atom is 0.408 e. The van der Waals surface area contributed by atoms with Crippen molar-refractivity contribution in [3.63, 3.8) is 0 Å². The average Bonchev–Trinajstić information content (AvgIpc) is 2.56. The van der Waals surface area contributed by atoms with Crippen LogP contribution in [0.1, 0.15) is 73.9 Å². The summed E-state index contributed by atoms with van der Waals surface area (Å²) in [6, 6.07) is 4.18. The first-order chi connectivity index (χ1) is 14.0. The Bertz CT molecular complexity index is 793. The molecule has 3 amide bonds. The fourth-order valence-corrected chi connectivity index (χ4v) is 3.08. The summed E-state index contributed by atoms with van der Waals surface area (Å²) in [6.07, 6.45) is -0.729. The zero-order valence-electron chi connectivity index (χ0n) is 20.1. The maximum absolute atomic E-state index is 13.5. The zero-order chi connectivity index (χ0) is 24.1. The first-order valence-corrected chi connectivity index (χ1v) is 10.5. The van der Waals surface area contributed by atoms with Crippen LogP contribution in [-0.2, 0) is 14.3 Å². The number of para-hydroxylation sites is 1. The van der Waals surface area contributed by atoms with E-state index in [9.17, 15) is 19.5 Å². The molecule has 1 aromatic rings. The van der Waals surface area contributed by atoms with E-state index in [-0.39, 0.29) is 11.8 Å². The number of nitrogens with one attached hydrogen (secondary N) is 2. The third kappa shape index (κ3) is 7.77. The van der Waals surface area contributed by atoms with Gasteiger partial charge in [-0.3, -0.25) is 9.59 Å². The Hall–Kier alpha value is -2.77. The minimum absolute atomic E-state index is 0.0961. The van der Waals surface area contributed by atoms with Gasteiger partial charge in [0.05, 0.1) is 0 Å². The van der Waals surface area contributed by atoms with Gasteiger partial charge in [-0.05, 0) is 68.4 Å². The molecule has 1 aromatic carbocycles. The summed E-state index contributed by atoms with van der Waals surface area (Å²) < 4.78 is 5.25. The largest absolute Gasteiger partial charge is 0.508 e. The SMILES string of the molecule is CC(C)NC(=O)C(c1ccccc1O)N(C(=O)C(C)NC(=O)OC(C)(C)C)C(C)(C)C. The van der Waals surface area contributed by atoms with Crippen molar-refractivity contribution in [3.05, 3.63) is 29.8 Å². The van der Waals surface area contributed by atoms with Crippen LogP contribution in [0, 0.1) is 0 Å². The molecule has 0 saturated carbocycles. The Morgan fingerprint density at radius 2 is 1.52 bits per heavy atom. The van der Waals surface area contributed by atoms with Crippen LogP contribution in [0.5, 0.6) is 5.75 Å². The molecule has 2 atom stereocenters. The van der Waals surface area contributed by atoms with Crippen molar-refractivity contribution in [1.82, 2.24) is 15.5 Å². The zero-order valence-corrected chi connectivity index (χ0v) is 20.1. The molecule has 0 fully saturated rings. The molecule has 8 nitrogen and oxygen atoms in total. The standard InChI is InChI=1S/C23H37N3O5/c1-14(2)24-19(28)18(16-12-10-11-13-17(16)27)26(22(4,5)6)20(29)15(3)25-21(30)31-23(7,8)9/h10-15,18,27H,1-9H3,(H,24,28)(H,25,30). The maximum atomic E-state index is 13.5. The van der Waals surface area contributed by atoms with E-state index in [1.807, 2.05) is 13.8 Å². The van der Waals surface area contributed by atoms with Gasteiger partial charge in [0, 0.05) is 17.1 Å². The Morgan fingerprint density at radius 1 is 0.968 bits per heavy atom. The van der Waals surface area contributed by atoms with E-state index < -0.39 is 41.1 Å². The summed E-state index contributed by atoms with van der Waals surface area (Å²) in [5.74, 6) is -1.00. The first-order valence-electron chi connectivity index (χ1n) is 10.5. The molecule has 0 aliphatic heterocycles. The molecule has 2 unspecified atom stereocenters. The molecular formula is C23H37N3O5. The number of nitrogens with zero attached hydrogens (tertiary/aromatic N) is 1. The molecule has 3 N–H and O–H groups in total. The number of phenols is 1. The van der Waals surface area contributed by atoms with Crippen molar-refractivity contribution >= 4 is 17.9 Å². The molecule has 31 heavy (non-hydrogen) atoms. The lowest BCUT2D eigenvalue weighted by Crippen LogP contribution is -2.58. The number of carbonyl (C=O) groups excluding carboxylic acids is 3. The highest BCUT2D eigenvalue weighted by atomic mass is 16.6. The molecule has 0 heterocycles. The number of aromatic hydroxyl groups is 1. The molecule has 0 bridgehead atoms. The number of ether oxygens (including phenoxy) is 1. The van der Waals surface area contributed by atoms with E-state index >= 15 is 0 Å². The van der Waals surface area contributed by atoms with Gasteiger partial charge in [0.1, 0.15) is 23.4 Å². The second kappa shape index (κ2) is 10.0. The summed E-state index contributed by atoms with van der Waals surface area (Å²) in [5.41, 5.74) is -1.22. The number of benzene rings is 1. The molecule has 0 radical (unpaired) electrons. The Labute approximate surface area is 185 Å². The van der Waals surface area contributed by atoms with Crippen molar-refractivity contribution in [3.8, 4) is 5.75 Å². The van der Waals surface area contributed by atoms with Crippen LogP contribution < -0.4 is 10.6 Å². The van der Waals surface area contributed by atoms with Crippen LogP contribution in [-0.4, -0.2) is 51.1 Å². The third-order valence-corrected chi connectivity index (χ3v) is 4.23. The van der Waals surface area contributed by atoms with E-state index in [2.05, 4.69) is 10.6 Å². The molecule has 8 heteroatoms. The highest BCUT2D eigenvalue weighted by Crippen LogP contribution is 2.34. The van der Waals surface area contributed by atoms with Gasteiger partial charge in [-0.25, -0.2) is 4.79 Å². The van der Waals surface area contributed by atoms with Crippen molar-refractivity contribution in [2.45, 2.75) is 91.6 Å². The van der Waals surface area contributed by atoms with E-state index in [1.165, 1.54) is 17.9 Å². The third-order valence-electron chi connectivity index (χ3n) is 4.23. The smallest absolute Gasteiger partial charge is 0.408 e. The normalized spacial score (nSPS) is 13.9. The second-order valence-electron chi connectivity index (χ2n) is 9.87. The molecule has 0 saturated heterocycles. The Balaban J connectivity index is 3.39. The van der Waals surface area contributed by atoms with E-state index in [0.717, 1.165) is 0 Å². The fraction of sp³-hybridized carbons (Fsp3) is 0.609. The van der Waals surface area contributed by atoms with Crippen LogP contribution in [0.15, 0.2) is 24.3 Å². The van der Waals surface area contributed by atoms with E-state index in [4.69, 9.17) is 4.74 Å². The number of carbonyl (C=O) groups is 3. The molecule has 0 aliphatic carbocycles. The number of alkyl carbamates (subject to hydrolysis) is 1. The summed E-state index contributed by atoms with van der Waals surface area (Å²) in [4.78, 5) is 40.3. The molecular weight excluding hydrogens is 398 g/mol. The second-order valence-corrected chi connectivity index (χ2v) is 9.87. The van der Waals surface area contributed by atoms with E-state index in [1.54, 1.807) is 59.7 Å². The molecule has 0 aliphatic rings. The number of phenolic OH excluding ortho intramolecular Hbond substituents is 1. The highest BCUT2D eigenvalue weighted by molar-refractivity contribution is 5.92. The summed E-state index contributed by atoms with van der Waals surface area (Å²) in [7, 11) is 0. The summed E-state index contributed by atoms with van der Waals surface area (Å²) in [5, 5.41) is 15.8. The predicted molar refractivity (Wildman–Crippen MR) is 120 cm³/mol. The highest BCUT2D eigenvalue weighted by Gasteiger charge is 2.41. The average molecular weight is 436 g/mol. The molecule has 174 valence electrons. The van der Waals surface area contributed by atoms with Gasteiger partial charge in [-0.15, -0.1) is 0 Å². The van der Waals surface area contributed by atoms with Crippen LogP contribution in [0.4, 0.5) is 4.79 Å². The summed E-state index contributed by atoms with van der Waals surface area (Å²) in [6.45, 7) is 15.7. The molecule has 0 spiro atoms. The lowest BCUT2D eigenvalue weighted by atomic mass is 9.95. The van der Waals surface area contributed by atoms with Crippen LogP contribution >= 0.6 is 0 Å². The van der Waals surface area contributed by atoms with Crippen molar-refractivity contribution in [1.29, 1.82) is 0 Å². The Kier molecular flexibility index (Phi) is 8.49. The van der Waals surface area contributed by atoms with Gasteiger partial charge in [-0.1, -0.05) is 18.2 Å². The monoisotopic (exact) mass is 435 g/mol. The van der Waals surface area contributed by atoms with Crippen LogP contribution in [0.2, 0.25) is 0 Å². The quantitative estimate of drug-likeness (QED) is 0.634. The van der Waals surface area contributed by atoms with Gasteiger partial charge >= 0.3 is 6.09 Å². The lowest BCUT2D eigenvalue weighted by molar-refractivity contribution is -0.148. The number of rotatable bonds is 6. The van der Waals surface area contributed by atoms with Crippen LogP contribution in [0.3, 0.4) is 0 Å². The first kappa shape index (κ1) is 26.3. The fourth-order valence-electron chi connectivity index (χ4n) is 3.08. The van der Waals surface area contributed by atoms with Gasteiger partial charge in [0.25, 0.3) is 0 Å². The van der Waals surface area contributed by atoms with E-state index in [0.29, 0.717) is 5.56 Å². The minimum Gasteiger partial charge on any atom is -0.508 e. The Morgan fingerprint density at radius 3 is 1.97 bits per heavy atom. The van der Waals surface area contributed by atoms with Gasteiger partial charge in [0.2, 0.25) is 11.8 Å². The minimum atomic E-state index is -1.10.